The smallest absolute Gasteiger partial charge is 0.379 e. The molecule has 0 N–H and O–H groups in total. The van der Waals surface area contributed by atoms with E-state index in [0.29, 0.717) is 5.75 Å². The average Bonchev–Trinajstić information content (AvgIpc) is 3.22. The summed E-state index contributed by atoms with van der Waals surface area (Å²) in [6.45, 7) is 0. The highest BCUT2D eigenvalue weighted by Crippen LogP contribution is 2.27. The van der Waals surface area contributed by atoms with Crippen molar-refractivity contribution in [2.45, 2.75) is 0 Å². The highest BCUT2D eigenvalue weighted by atomic mass is 19.1. The summed E-state index contributed by atoms with van der Waals surface area (Å²) in [5.41, 5.74) is 0.400. The molecule has 0 atom stereocenters. The largest absolute Gasteiger partial charge is 0.497 e. The molecule has 0 spiro atoms. The summed E-state index contributed by atoms with van der Waals surface area (Å²) < 4.78 is 29.1. The second-order valence-corrected chi connectivity index (χ2v) is 5.45. The van der Waals surface area contributed by atoms with Crippen LogP contribution < -0.4 is 9.47 Å². The molecule has 2 aromatic carbocycles. The van der Waals surface area contributed by atoms with Crippen molar-refractivity contribution in [1.29, 1.82) is 0 Å². The van der Waals surface area contributed by atoms with E-state index in [1.807, 2.05) is 0 Å². The van der Waals surface area contributed by atoms with Crippen molar-refractivity contribution in [2.75, 3.05) is 7.11 Å². The van der Waals surface area contributed by atoms with E-state index in [-0.39, 0.29) is 22.6 Å². The van der Waals surface area contributed by atoms with E-state index in [1.165, 1.54) is 49.8 Å². The molecular formula is C21H15FO5. The lowest BCUT2D eigenvalue weighted by atomic mass is 10.1. The van der Waals surface area contributed by atoms with E-state index >= 15 is 0 Å². The van der Waals surface area contributed by atoms with Crippen molar-refractivity contribution < 1.29 is 27.9 Å². The number of ether oxygens (including phenoxy) is 2. The van der Waals surface area contributed by atoms with Gasteiger partial charge in [0.1, 0.15) is 17.3 Å². The number of hydrogen-bond donors (Lipinski definition) is 0. The minimum absolute atomic E-state index is 0.00174. The van der Waals surface area contributed by atoms with Gasteiger partial charge in [-0.15, -0.1) is 0 Å². The first-order valence-electron chi connectivity index (χ1n) is 7.99. The van der Waals surface area contributed by atoms with Crippen molar-refractivity contribution in [3.8, 4) is 11.5 Å². The number of esters is 1. The molecule has 0 saturated carbocycles. The molecule has 27 heavy (non-hydrogen) atoms. The van der Waals surface area contributed by atoms with E-state index in [9.17, 15) is 14.0 Å². The zero-order valence-electron chi connectivity index (χ0n) is 14.3. The Balaban J connectivity index is 1.88. The Bertz CT molecular complexity index is 990. The Morgan fingerprint density at radius 3 is 2.59 bits per heavy atom. The third kappa shape index (κ3) is 4.30. The second kappa shape index (κ2) is 8.14. The minimum atomic E-state index is -0.750. The molecule has 136 valence electrons. The highest BCUT2D eigenvalue weighted by molar-refractivity contribution is 6.09. The Labute approximate surface area is 154 Å². The minimum Gasteiger partial charge on any atom is -0.497 e. The summed E-state index contributed by atoms with van der Waals surface area (Å²) in [5.74, 6) is -1.23. The van der Waals surface area contributed by atoms with Gasteiger partial charge in [-0.2, -0.15) is 0 Å². The van der Waals surface area contributed by atoms with Gasteiger partial charge < -0.3 is 13.9 Å². The number of carbonyl (C=O) groups is 2. The molecule has 0 aliphatic rings. The SMILES string of the molecule is COc1ccc(C(=O)/C=C/c2ccccc2F)c(OC(=O)c2ccco2)c1. The number of halogens is 1. The third-order valence-corrected chi connectivity index (χ3v) is 3.70. The standard InChI is InChI=1S/C21H15FO5/c1-25-15-9-10-16(18(23)11-8-14-5-2-3-6-17(14)22)20(13-15)27-21(24)19-7-4-12-26-19/h2-13H,1H3/b11-8+. The lowest BCUT2D eigenvalue weighted by Gasteiger charge is -2.09. The van der Waals surface area contributed by atoms with E-state index in [4.69, 9.17) is 13.9 Å². The predicted molar refractivity (Wildman–Crippen MR) is 96.4 cm³/mol. The highest BCUT2D eigenvalue weighted by Gasteiger charge is 2.18. The van der Waals surface area contributed by atoms with Crippen LogP contribution in [0, 0.1) is 5.82 Å². The number of rotatable bonds is 6. The molecule has 3 rings (SSSR count). The van der Waals surface area contributed by atoms with E-state index in [1.54, 1.807) is 30.3 Å². The van der Waals surface area contributed by atoms with Crippen molar-refractivity contribution in [3.63, 3.8) is 0 Å². The molecule has 0 aliphatic carbocycles. The quantitative estimate of drug-likeness (QED) is 0.277. The van der Waals surface area contributed by atoms with Crippen LogP contribution in [0.15, 0.2) is 71.4 Å². The number of furan rings is 1. The van der Waals surface area contributed by atoms with Gasteiger partial charge in [0.05, 0.1) is 18.9 Å². The Morgan fingerprint density at radius 1 is 1.07 bits per heavy atom. The van der Waals surface area contributed by atoms with Gasteiger partial charge in [-0.05, 0) is 42.5 Å². The first kappa shape index (κ1) is 18.1. The van der Waals surface area contributed by atoms with E-state index in [2.05, 4.69) is 0 Å². The van der Waals surface area contributed by atoms with Crippen LogP contribution in [0.1, 0.15) is 26.5 Å². The van der Waals surface area contributed by atoms with Gasteiger partial charge in [-0.1, -0.05) is 18.2 Å². The molecule has 1 aromatic heterocycles. The molecular weight excluding hydrogens is 351 g/mol. The summed E-state index contributed by atoms with van der Waals surface area (Å²) in [6.07, 6.45) is 3.91. The number of allylic oxidation sites excluding steroid dienone is 1. The predicted octanol–water partition coefficient (Wildman–Crippen LogP) is 4.54. The van der Waals surface area contributed by atoms with Crippen LogP contribution in [0.3, 0.4) is 0 Å². The zero-order valence-corrected chi connectivity index (χ0v) is 14.3. The van der Waals surface area contributed by atoms with Crippen LogP contribution in [-0.2, 0) is 0 Å². The van der Waals surface area contributed by atoms with Gasteiger partial charge in [-0.3, -0.25) is 4.79 Å². The zero-order chi connectivity index (χ0) is 19.2. The van der Waals surface area contributed by atoms with Gasteiger partial charge in [0.15, 0.2) is 5.78 Å². The summed E-state index contributed by atoms with van der Waals surface area (Å²) in [6, 6.07) is 13.5. The molecule has 0 aliphatic heterocycles. The lowest BCUT2D eigenvalue weighted by Crippen LogP contribution is -2.10. The maximum Gasteiger partial charge on any atom is 0.379 e. The summed E-state index contributed by atoms with van der Waals surface area (Å²) in [4.78, 5) is 24.7. The number of methoxy groups -OCH3 is 1. The van der Waals surface area contributed by atoms with Gasteiger partial charge in [0.2, 0.25) is 5.76 Å². The van der Waals surface area contributed by atoms with Crippen LogP contribution in [0.25, 0.3) is 6.08 Å². The van der Waals surface area contributed by atoms with Crippen molar-refractivity contribution >= 4 is 17.8 Å². The molecule has 0 unspecified atom stereocenters. The fourth-order valence-corrected chi connectivity index (χ4v) is 2.33. The summed E-state index contributed by atoms with van der Waals surface area (Å²) >= 11 is 0. The second-order valence-electron chi connectivity index (χ2n) is 5.45. The van der Waals surface area contributed by atoms with Gasteiger partial charge in [0, 0.05) is 11.6 Å². The fourth-order valence-electron chi connectivity index (χ4n) is 2.33. The van der Waals surface area contributed by atoms with Crippen LogP contribution in [0.2, 0.25) is 0 Å². The van der Waals surface area contributed by atoms with Gasteiger partial charge in [0.25, 0.3) is 0 Å². The normalized spacial score (nSPS) is 10.7. The van der Waals surface area contributed by atoms with Crippen molar-refractivity contribution in [3.05, 3.63) is 89.6 Å². The van der Waals surface area contributed by atoms with Gasteiger partial charge in [-0.25, -0.2) is 9.18 Å². The van der Waals surface area contributed by atoms with Crippen molar-refractivity contribution in [1.82, 2.24) is 0 Å². The molecule has 0 bridgehead atoms. The van der Waals surface area contributed by atoms with E-state index < -0.39 is 17.6 Å². The molecule has 1 heterocycles. The maximum absolute atomic E-state index is 13.7. The monoisotopic (exact) mass is 366 g/mol. The Kier molecular flexibility index (Phi) is 5.47. The van der Waals surface area contributed by atoms with Crippen molar-refractivity contribution in [2.24, 2.45) is 0 Å². The molecule has 0 amide bonds. The summed E-state index contributed by atoms with van der Waals surface area (Å²) in [5, 5.41) is 0. The van der Waals surface area contributed by atoms with Gasteiger partial charge >= 0.3 is 5.97 Å². The van der Waals surface area contributed by atoms with Crippen LogP contribution in [0.4, 0.5) is 4.39 Å². The van der Waals surface area contributed by atoms with Crippen LogP contribution in [-0.4, -0.2) is 18.9 Å². The van der Waals surface area contributed by atoms with E-state index in [0.717, 1.165) is 0 Å². The lowest BCUT2D eigenvalue weighted by molar-refractivity contribution is 0.0699. The van der Waals surface area contributed by atoms with Crippen LogP contribution >= 0.6 is 0 Å². The topological polar surface area (TPSA) is 65.7 Å². The number of hydrogen-bond acceptors (Lipinski definition) is 5. The third-order valence-electron chi connectivity index (χ3n) is 3.70. The maximum atomic E-state index is 13.7. The Morgan fingerprint density at radius 2 is 1.89 bits per heavy atom. The Hall–Kier alpha value is -3.67. The molecule has 0 radical (unpaired) electrons. The average molecular weight is 366 g/mol. The molecule has 6 heteroatoms. The fraction of sp³-hybridized carbons (Fsp3) is 0.0476. The molecule has 5 nitrogen and oxygen atoms in total. The number of ketones is 1. The number of benzene rings is 2. The number of carbonyl (C=O) groups excluding carboxylic acids is 2. The molecule has 3 aromatic rings. The molecule has 0 saturated heterocycles. The first-order valence-corrected chi connectivity index (χ1v) is 7.99. The molecule has 0 fully saturated rings. The van der Waals surface area contributed by atoms with Crippen LogP contribution in [0.5, 0.6) is 11.5 Å². The first-order chi connectivity index (χ1) is 13.1. The summed E-state index contributed by atoms with van der Waals surface area (Å²) in [7, 11) is 1.45.